The van der Waals surface area contributed by atoms with Crippen LogP contribution < -0.4 is 5.73 Å². The average molecular weight is 140 g/mol. The fourth-order valence-corrected chi connectivity index (χ4v) is 1.41. The third-order valence-corrected chi connectivity index (χ3v) is 2.11. The Hall–Kier alpha value is -0.340. The molecule has 58 valence electrons. The van der Waals surface area contributed by atoms with E-state index in [2.05, 4.69) is 31.1 Å². The number of rotatable bonds is 1. The second kappa shape index (κ2) is 3.17. The molecule has 0 unspecified atom stereocenters. The van der Waals surface area contributed by atoms with Crippen molar-refractivity contribution in [3.8, 4) is 0 Å². The van der Waals surface area contributed by atoms with Crippen molar-refractivity contribution in [2.75, 3.05) is 14.1 Å². The number of nitrogens with zero attached hydrogens (tertiary/aromatic N) is 1. The van der Waals surface area contributed by atoms with Crippen molar-refractivity contribution in [3.63, 3.8) is 0 Å². The summed E-state index contributed by atoms with van der Waals surface area (Å²) in [4.78, 5) is 2.20. The van der Waals surface area contributed by atoms with Crippen molar-refractivity contribution in [1.29, 1.82) is 0 Å². The summed E-state index contributed by atoms with van der Waals surface area (Å²) in [6, 6.07) is 0.880. The normalized spacial score (nSPS) is 33.2. The van der Waals surface area contributed by atoms with Crippen LogP contribution in [-0.4, -0.2) is 31.1 Å². The maximum Gasteiger partial charge on any atom is 0.0278 e. The molecule has 2 nitrogen and oxygen atoms in total. The quantitative estimate of drug-likeness (QED) is 0.540. The van der Waals surface area contributed by atoms with Crippen LogP contribution in [0.3, 0.4) is 0 Å². The molecule has 0 aliphatic heterocycles. The van der Waals surface area contributed by atoms with Gasteiger partial charge in [-0.05, 0) is 26.9 Å². The van der Waals surface area contributed by atoms with Gasteiger partial charge in [-0.15, -0.1) is 0 Å². The molecule has 1 rings (SSSR count). The van der Waals surface area contributed by atoms with Crippen LogP contribution in [0, 0.1) is 0 Å². The van der Waals surface area contributed by atoms with E-state index in [0.717, 1.165) is 12.8 Å². The predicted octanol–water partition coefficient (Wildman–Crippen LogP) is 0.594. The second-order valence-electron chi connectivity index (χ2n) is 3.14. The monoisotopic (exact) mass is 140 g/mol. The van der Waals surface area contributed by atoms with Crippen LogP contribution >= 0.6 is 0 Å². The Morgan fingerprint density at radius 3 is 2.30 bits per heavy atom. The molecule has 0 amide bonds. The topological polar surface area (TPSA) is 29.3 Å². The highest BCUT2D eigenvalue weighted by atomic mass is 15.1. The SMILES string of the molecule is CN(C)[C@@H]1CC=CC[C@H]1N. The van der Waals surface area contributed by atoms with Crippen LogP contribution in [-0.2, 0) is 0 Å². The molecule has 0 saturated heterocycles. The van der Waals surface area contributed by atoms with Crippen molar-refractivity contribution in [2.45, 2.75) is 24.9 Å². The van der Waals surface area contributed by atoms with Crippen molar-refractivity contribution in [3.05, 3.63) is 12.2 Å². The van der Waals surface area contributed by atoms with Crippen LogP contribution in [0.25, 0.3) is 0 Å². The van der Waals surface area contributed by atoms with Crippen LogP contribution in [0.1, 0.15) is 12.8 Å². The lowest BCUT2D eigenvalue weighted by atomic mass is 9.96. The summed E-state index contributed by atoms with van der Waals surface area (Å²) in [6.45, 7) is 0. The smallest absolute Gasteiger partial charge is 0.0278 e. The summed E-state index contributed by atoms with van der Waals surface area (Å²) < 4.78 is 0. The molecule has 0 aromatic rings. The van der Waals surface area contributed by atoms with Crippen LogP contribution in [0.4, 0.5) is 0 Å². The molecule has 0 heterocycles. The van der Waals surface area contributed by atoms with E-state index in [-0.39, 0.29) is 0 Å². The molecule has 10 heavy (non-hydrogen) atoms. The Morgan fingerprint density at radius 2 is 1.90 bits per heavy atom. The number of hydrogen-bond acceptors (Lipinski definition) is 2. The van der Waals surface area contributed by atoms with Crippen LogP contribution in [0.2, 0.25) is 0 Å². The lowest BCUT2D eigenvalue weighted by molar-refractivity contribution is 0.248. The van der Waals surface area contributed by atoms with Gasteiger partial charge in [-0.1, -0.05) is 12.2 Å². The minimum absolute atomic E-state index is 0.333. The first-order valence-corrected chi connectivity index (χ1v) is 3.79. The summed E-state index contributed by atoms with van der Waals surface area (Å²) >= 11 is 0. The first kappa shape index (κ1) is 7.76. The second-order valence-corrected chi connectivity index (χ2v) is 3.14. The highest BCUT2D eigenvalue weighted by Gasteiger charge is 2.19. The fraction of sp³-hybridized carbons (Fsp3) is 0.750. The molecule has 0 aromatic heterocycles. The Labute approximate surface area is 62.7 Å². The lowest BCUT2D eigenvalue weighted by Crippen LogP contribution is -2.44. The Bertz CT molecular complexity index is 129. The van der Waals surface area contributed by atoms with Crippen molar-refractivity contribution in [2.24, 2.45) is 5.73 Å². The zero-order chi connectivity index (χ0) is 7.56. The summed E-state index contributed by atoms with van der Waals surface area (Å²) in [5.41, 5.74) is 5.89. The molecular formula is C8H16N2. The molecule has 1 aliphatic carbocycles. The summed E-state index contributed by atoms with van der Waals surface area (Å²) in [5.74, 6) is 0. The summed E-state index contributed by atoms with van der Waals surface area (Å²) in [7, 11) is 4.17. The Morgan fingerprint density at radius 1 is 1.30 bits per heavy atom. The molecule has 2 N–H and O–H groups in total. The van der Waals surface area contributed by atoms with E-state index in [4.69, 9.17) is 5.73 Å². The zero-order valence-electron chi connectivity index (χ0n) is 6.75. The molecule has 1 aliphatic rings. The van der Waals surface area contributed by atoms with E-state index in [1.165, 1.54) is 0 Å². The van der Waals surface area contributed by atoms with Gasteiger partial charge in [-0.2, -0.15) is 0 Å². The van der Waals surface area contributed by atoms with E-state index in [1.807, 2.05) is 0 Å². The molecule has 0 radical (unpaired) electrons. The fourth-order valence-electron chi connectivity index (χ4n) is 1.41. The van der Waals surface area contributed by atoms with E-state index in [9.17, 15) is 0 Å². The summed E-state index contributed by atoms with van der Waals surface area (Å²) in [5, 5.41) is 0. The lowest BCUT2D eigenvalue weighted by Gasteiger charge is -2.30. The Balaban J connectivity index is 2.51. The first-order valence-electron chi connectivity index (χ1n) is 3.79. The number of hydrogen-bond donors (Lipinski definition) is 1. The van der Waals surface area contributed by atoms with Gasteiger partial charge in [-0.25, -0.2) is 0 Å². The van der Waals surface area contributed by atoms with Gasteiger partial charge in [0.2, 0.25) is 0 Å². The van der Waals surface area contributed by atoms with E-state index >= 15 is 0 Å². The van der Waals surface area contributed by atoms with Gasteiger partial charge in [0.25, 0.3) is 0 Å². The van der Waals surface area contributed by atoms with Gasteiger partial charge in [0.05, 0.1) is 0 Å². The molecule has 0 spiro atoms. The predicted molar refractivity (Wildman–Crippen MR) is 43.8 cm³/mol. The van der Waals surface area contributed by atoms with E-state index in [0.29, 0.717) is 12.1 Å². The highest BCUT2D eigenvalue weighted by Crippen LogP contribution is 2.13. The standard InChI is InChI=1S/C8H16N2/c1-10(2)8-6-4-3-5-7(8)9/h3-4,7-8H,5-6,9H2,1-2H3/t7-,8-/m1/s1. The zero-order valence-corrected chi connectivity index (χ0v) is 6.75. The maximum atomic E-state index is 5.89. The molecule has 2 heteroatoms. The van der Waals surface area contributed by atoms with Crippen LogP contribution in [0.15, 0.2) is 12.2 Å². The maximum absolute atomic E-state index is 5.89. The van der Waals surface area contributed by atoms with Gasteiger partial charge in [0, 0.05) is 12.1 Å². The van der Waals surface area contributed by atoms with Gasteiger partial charge in [-0.3, -0.25) is 0 Å². The van der Waals surface area contributed by atoms with Gasteiger partial charge in [0.15, 0.2) is 0 Å². The molecule has 2 atom stereocenters. The van der Waals surface area contributed by atoms with Gasteiger partial charge in [0.1, 0.15) is 0 Å². The first-order chi connectivity index (χ1) is 4.72. The van der Waals surface area contributed by atoms with Crippen LogP contribution in [0.5, 0.6) is 0 Å². The van der Waals surface area contributed by atoms with Crippen molar-refractivity contribution in [1.82, 2.24) is 4.90 Å². The Kier molecular flexibility index (Phi) is 2.46. The molecule has 0 bridgehead atoms. The van der Waals surface area contributed by atoms with E-state index < -0.39 is 0 Å². The van der Waals surface area contributed by atoms with Gasteiger partial charge < -0.3 is 10.6 Å². The molecule has 0 fully saturated rings. The van der Waals surface area contributed by atoms with E-state index in [1.54, 1.807) is 0 Å². The molecular weight excluding hydrogens is 124 g/mol. The third-order valence-electron chi connectivity index (χ3n) is 2.11. The molecule has 0 saturated carbocycles. The third kappa shape index (κ3) is 1.58. The van der Waals surface area contributed by atoms with Crippen molar-refractivity contribution >= 4 is 0 Å². The number of likely N-dealkylation sites (N-methyl/N-ethyl adjacent to an activating group) is 1. The summed E-state index contributed by atoms with van der Waals surface area (Å²) in [6.07, 6.45) is 6.52. The minimum atomic E-state index is 0.333. The van der Waals surface area contributed by atoms with Crippen molar-refractivity contribution < 1.29 is 0 Å². The average Bonchev–Trinajstić information content (AvgIpc) is 1.88. The number of nitrogens with two attached hydrogens (primary N) is 1. The highest BCUT2D eigenvalue weighted by molar-refractivity contribution is 4.99. The molecule has 0 aromatic carbocycles. The van der Waals surface area contributed by atoms with Gasteiger partial charge >= 0.3 is 0 Å². The largest absolute Gasteiger partial charge is 0.326 e. The minimum Gasteiger partial charge on any atom is -0.326 e.